The minimum Gasteiger partial charge on any atom is -0.475 e. The van der Waals surface area contributed by atoms with Crippen molar-refractivity contribution in [2.45, 2.75) is 26.4 Å². The standard InChI is InChI=1S/C9H15N3O/c1-4-7(2)13-9-5-8(10-3)11-6-12-9/h5-7H,4H2,1-3H3,(H,10,11,12). The topological polar surface area (TPSA) is 47.0 Å². The van der Waals surface area contributed by atoms with Gasteiger partial charge in [0.1, 0.15) is 12.1 Å². The average Bonchev–Trinajstić information content (AvgIpc) is 2.18. The third kappa shape index (κ3) is 2.89. The van der Waals surface area contributed by atoms with Crippen molar-refractivity contribution >= 4 is 5.82 Å². The predicted molar refractivity (Wildman–Crippen MR) is 52.0 cm³/mol. The largest absolute Gasteiger partial charge is 0.475 e. The van der Waals surface area contributed by atoms with Crippen molar-refractivity contribution in [3.63, 3.8) is 0 Å². The number of anilines is 1. The summed E-state index contributed by atoms with van der Waals surface area (Å²) in [5.74, 6) is 1.39. The minimum atomic E-state index is 0.194. The van der Waals surface area contributed by atoms with E-state index < -0.39 is 0 Å². The van der Waals surface area contributed by atoms with Crippen molar-refractivity contribution in [2.75, 3.05) is 12.4 Å². The molecule has 0 spiro atoms. The van der Waals surface area contributed by atoms with Crippen LogP contribution in [0.5, 0.6) is 5.88 Å². The summed E-state index contributed by atoms with van der Waals surface area (Å²) in [5, 5.41) is 2.93. The lowest BCUT2D eigenvalue weighted by atomic mass is 10.3. The van der Waals surface area contributed by atoms with Gasteiger partial charge in [-0.2, -0.15) is 0 Å². The predicted octanol–water partition coefficient (Wildman–Crippen LogP) is 1.70. The fraction of sp³-hybridized carbons (Fsp3) is 0.556. The molecule has 0 aliphatic carbocycles. The molecule has 0 amide bonds. The van der Waals surface area contributed by atoms with Gasteiger partial charge in [-0.3, -0.25) is 0 Å². The number of hydrogen-bond acceptors (Lipinski definition) is 4. The lowest BCUT2D eigenvalue weighted by Gasteiger charge is -2.11. The highest BCUT2D eigenvalue weighted by molar-refractivity contribution is 5.35. The van der Waals surface area contributed by atoms with Crippen molar-refractivity contribution in [3.05, 3.63) is 12.4 Å². The molecule has 1 rings (SSSR count). The number of nitrogens with zero attached hydrogens (tertiary/aromatic N) is 2. The molecule has 1 N–H and O–H groups in total. The Balaban J connectivity index is 2.66. The van der Waals surface area contributed by atoms with E-state index in [1.807, 2.05) is 14.0 Å². The quantitative estimate of drug-likeness (QED) is 0.768. The molecular weight excluding hydrogens is 166 g/mol. The van der Waals surface area contributed by atoms with Gasteiger partial charge in [-0.05, 0) is 13.3 Å². The Kier molecular flexibility index (Phi) is 3.49. The molecular formula is C9H15N3O. The summed E-state index contributed by atoms with van der Waals surface area (Å²) in [6.07, 6.45) is 2.65. The van der Waals surface area contributed by atoms with Gasteiger partial charge in [0.2, 0.25) is 5.88 Å². The Morgan fingerprint density at radius 2 is 2.31 bits per heavy atom. The van der Waals surface area contributed by atoms with E-state index in [4.69, 9.17) is 4.74 Å². The monoisotopic (exact) mass is 181 g/mol. The Bertz CT molecular complexity index is 265. The molecule has 0 fully saturated rings. The third-order valence-corrected chi connectivity index (χ3v) is 1.79. The molecule has 0 saturated carbocycles. The maximum Gasteiger partial charge on any atom is 0.218 e. The summed E-state index contributed by atoms with van der Waals surface area (Å²) in [6.45, 7) is 4.09. The summed E-state index contributed by atoms with van der Waals surface area (Å²) in [5.41, 5.74) is 0. The fourth-order valence-electron chi connectivity index (χ4n) is 0.830. The van der Waals surface area contributed by atoms with Crippen LogP contribution >= 0.6 is 0 Å². The second kappa shape index (κ2) is 4.64. The number of ether oxygens (including phenoxy) is 1. The summed E-state index contributed by atoms with van der Waals surface area (Å²) >= 11 is 0. The maximum absolute atomic E-state index is 5.51. The molecule has 0 radical (unpaired) electrons. The van der Waals surface area contributed by atoms with Crippen molar-refractivity contribution < 1.29 is 4.74 Å². The van der Waals surface area contributed by atoms with Crippen molar-refractivity contribution in [1.82, 2.24) is 9.97 Å². The molecule has 0 saturated heterocycles. The first-order valence-corrected chi connectivity index (χ1v) is 4.42. The smallest absolute Gasteiger partial charge is 0.218 e. The zero-order valence-corrected chi connectivity index (χ0v) is 8.24. The van der Waals surface area contributed by atoms with Crippen LogP contribution in [-0.2, 0) is 0 Å². The average molecular weight is 181 g/mol. The van der Waals surface area contributed by atoms with E-state index >= 15 is 0 Å². The van der Waals surface area contributed by atoms with Gasteiger partial charge >= 0.3 is 0 Å². The summed E-state index contributed by atoms with van der Waals surface area (Å²) < 4.78 is 5.51. The van der Waals surface area contributed by atoms with Gasteiger partial charge in [0, 0.05) is 13.1 Å². The number of hydrogen-bond donors (Lipinski definition) is 1. The Labute approximate surface area is 78.4 Å². The number of nitrogens with one attached hydrogen (secondary N) is 1. The van der Waals surface area contributed by atoms with Crippen LogP contribution in [0.3, 0.4) is 0 Å². The Hall–Kier alpha value is -1.32. The molecule has 0 aliphatic heterocycles. The van der Waals surface area contributed by atoms with E-state index in [9.17, 15) is 0 Å². The first-order valence-electron chi connectivity index (χ1n) is 4.42. The molecule has 0 aromatic carbocycles. The highest BCUT2D eigenvalue weighted by Gasteiger charge is 2.02. The molecule has 1 heterocycles. The summed E-state index contributed by atoms with van der Waals surface area (Å²) in [6, 6.07) is 1.78. The molecule has 1 aromatic heterocycles. The zero-order chi connectivity index (χ0) is 9.68. The van der Waals surface area contributed by atoms with Crippen LogP contribution in [0, 0.1) is 0 Å². The lowest BCUT2D eigenvalue weighted by Crippen LogP contribution is -2.11. The molecule has 72 valence electrons. The molecule has 0 bridgehead atoms. The second-order valence-electron chi connectivity index (χ2n) is 2.83. The van der Waals surface area contributed by atoms with Gasteiger partial charge in [-0.1, -0.05) is 6.92 Å². The molecule has 0 aliphatic rings. The van der Waals surface area contributed by atoms with Gasteiger partial charge in [-0.15, -0.1) is 0 Å². The zero-order valence-electron chi connectivity index (χ0n) is 8.24. The van der Waals surface area contributed by atoms with Gasteiger partial charge < -0.3 is 10.1 Å². The third-order valence-electron chi connectivity index (χ3n) is 1.79. The van der Waals surface area contributed by atoms with Crippen LogP contribution in [0.2, 0.25) is 0 Å². The highest BCUT2D eigenvalue weighted by atomic mass is 16.5. The molecule has 1 atom stereocenters. The highest BCUT2D eigenvalue weighted by Crippen LogP contribution is 2.12. The van der Waals surface area contributed by atoms with E-state index in [-0.39, 0.29) is 6.10 Å². The first kappa shape index (κ1) is 9.77. The van der Waals surface area contributed by atoms with Gasteiger partial charge in [-0.25, -0.2) is 9.97 Å². The molecule has 13 heavy (non-hydrogen) atoms. The lowest BCUT2D eigenvalue weighted by molar-refractivity contribution is 0.208. The summed E-state index contributed by atoms with van der Waals surface area (Å²) in [4.78, 5) is 7.99. The Morgan fingerprint density at radius 1 is 1.54 bits per heavy atom. The van der Waals surface area contributed by atoms with E-state index in [2.05, 4.69) is 22.2 Å². The van der Waals surface area contributed by atoms with Crippen molar-refractivity contribution in [1.29, 1.82) is 0 Å². The molecule has 1 aromatic rings. The first-order chi connectivity index (χ1) is 6.26. The molecule has 4 heteroatoms. The SMILES string of the molecule is CCC(C)Oc1cc(NC)ncn1. The van der Waals surface area contributed by atoms with Gasteiger partial charge in [0.25, 0.3) is 0 Å². The van der Waals surface area contributed by atoms with Crippen LogP contribution in [0.1, 0.15) is 20.3 Å². The molecule has 1 unspecified atom stereocenters. The van der Waals surface area contributed by atoms with Crippen LogP contribution in [0.15, 0.2) is 12.4 Å². The van der Waals surface area contributed by atoms with Gasteiger partial charge in [0.05, 0.1) is 6.10 Å². The summed E-state index contributed by atoms with van der Waals surface area (Å²) in [7, 11) is 1.81. The van der Waals surface area contributed by atoms with Crippen molar-refractivity contribution in [2.24, 2.45) is 0 Å². The normalized spacial score (nSPS) is 12.2. The second-order valence-corrected chi connectivity index (χ2v) is 2.83. The van der Waals surface area contributed by atoms with Crippen LogP contribution in [0.4, 0.5) is 5.82 Å². The fourth-order valence-corrected chi connectivity index (χ4v) is 0.830. The van der Waals surface area contributed by atoms with E-state index in [1.165, 1.54) is 6.33 Å². The van der Waals surface area contributed by atoms with Crippen molar-refractivity contribution in [3.8, 4) is 5.88 Å². The van der Waals surface area contributed by atoms with E-state index in [1.54, 1.807) is 6.07 Å². The van der Waals surface area contributed by atoms with E-state index in [0.29, 0.717) is 5.88 Å². The maximum atomic E-state index is 5.51. The van der Waals surface area contributed by atoms with Crippen LogP contribution in [0.25, 0.3) is 0 Å². The number of aromatic nitrogens is 2. The van der Waals surface area contributed by atoms with Crippen LogP contribution in [-0.4, -0.2) is 23.1 Å². The number of rotatable bonds is 4. The van der Waals surface area contributed by atoms with Gasteiger partial charge in [0.15, 0.2) is 0 Å². The molecule has 4 nitrogen and oxygen atoms in total. The van der Waals surface area contributed by atoms with Crippen LogP contribution < -0.4 is 10.1 Å². The Morgan fingerprint density at radius 3 is 2.92 bits per heavy atom. The minimum absolute atomic E-state index is 0.194. The van der Waals surface area contributed by atoms with E-state index in [0.717, 1.165) is 12.2 Å².